The monoisotopic (exact) mass is 443 g/mol. The Balaban J connectivity index is 1.34. The van der Waals surface area contributed by atoms with Crippen LogP contribution in [-0.4, -0.2) is 48.6 Å². The molecule has 0 aliphatic carbocycles. The molecule has 166 valence electrons. The number of hydrogen-bond donors (Lipinski definition) is 1. The maximum Gasteiger partial charge on any atom is 0.239 e. The topological polar surface area (TPSA) is 96.4 Å². The van der Waals surface area contributed by atoms with Crippen molar-refractivity contribution in [2.45, 2.75) is 49.7 Å². The lowest BCUT2D eigenvalue weighted by molar-refractivity contribution is -0.145. The smallest absolute Gasteiger partial charge is 0.239 e. The van der Waals surface area contributed by atoms with E-state index in [0.717, 1.165) is 32.1 Å². The molecule has 1 aliphatic heterocycles. The van der Waals surface area contributed by atoms with Crippen LogP contribution in [0.3, 0.4) is 0 Å². The molecule has 1 aromatic heterocycles. The number of nitrogens with zero attached hydrogens (tertiary/aromatic N) is 2. The summed E-state index contributed by atoms with van der Waals surface area (Å²) in [5.41, 5.74) is 1.95. The van der Waals surface area contributed by atoms with Gasteiger partial charge in [-0.3, -0.25) is 14.6 Å². The van der Waals surface area contributed by atoms with Gasteiger partial charge in [-0.2, -0.15) is 0 Å². The Morgan fingerprint density at radius 1 is 1.00 bits per heavy atom. The van der Waals surface area contributed by atoms with Crippen LogP contribution in [0.1, 0.15) is 43.2 Å². The number of β-lactam (4-membered cyclic amide) rings is 1. The third kappa shape index (κ3) is 6.89. The van der Waals surface area contributed by atoms with Gasteiger partial charge < -0.3 is 10.2 Å². The minimum atomic E-state index is -3.54. The number of likely N-dealkylation sites (tertiary alicyclic amines) is 1. The van der Waals surface area contributed by atoms with E-state index in [1.807, 2.05) is 18.2 Å². The highest BCUT2D eigenvalue weighted by atomic mass is 32.2. The van der Waals surface area contributed by atoms with Crippen LogP contribution in [0.15, 0.2) is 54.9 Å². The van der Waals surface area contributed by atoms with Crippen molar-refractivity contribution in [2.24, 2.45) is 0 Å². The van der Waals surface area contributed by atoms with Crippen molar-refractivity contribution in [2.75, 3.05) is 13.1 Å². The molecule has 0 spiro atoms. The first-order chi connectivity index (χ1) is 15.0. The van der Waals surface area contributed by atoms with E-state index in [4.69, 9.17) is 0 Å². The maximum atomic E-state index is 12.7. The quantitative estimate of drug-likeness (QED) is 0.402. The van der Waals surface area contributed by atoms with Crippen LogP contribution in [0.5, 0.6) is 0 Å². The lowest BCUT2D eigenvalue weighted by atomic mass is 10.1. The standard InChI is InChI=1S/C23H29N3O4S/c27-21(25-13-7-2-1-4-8-19-11-14-24-15-12-19)17-26-22(28)16-23(26)31(29,30)18-20-9-5-3-6-10-20/h3,5-6,9-12,14-15,23H,1-2,4,7-8,13,16-18H2,(H,25,27). The minimum Gasteiger partial charge on any atom is -0.355 e. The molecule has 0 radical (unpaired) electrons. The molecule has 31 heavy (non-hydrogen) atoms. The number of pyridine rings is 1. The number of carbonyl (C=O) groups is 2. The van der Waals surface area contributed by atoms with Crippen molar-refractivity contribution in [3.63, 3.8) is 0 Å². The Hall–Kier alpha value is -2.74. The molecule has 2 heterocycles. The van der Waals surface area contributed by atoms with Gasteiger partial charge in [0.25, 0.3) is 0 Å². The summed E-state index contributed by atoms with van der Waals surface area (Å²) in [4.78, 5) is 29.3. The van der Waals surface area contributed by atoms with Crippen LogP contribution in [-0.2, 0) is 31.6 Å². The molecular weight excluding hydrogens is 414 g/mol. The molecular formula is C23H29N3O4S. The Morgan fingerprint density at radius 3 is 2.42 bits per heavy atom. The fraction of sp³-hybridized carbons (Fsp3) is 0.435. The molecule has 1 saturated heterocycles. The highest BCUT2D eigenvalue weighted by Crippen LogP contribution is 2.26. The van der Waals surface area contributed by atoms with Crippen LogP contribution >= 0.6 is 0 Å². The Kier molecular flexibility index (Phi) is 8.17. The highest BCUT2D eigenvalue weighted by molar-refractivity contribution is 7.91. The van der Waals surface area contributed by atoms with Gasteiger partial charge in [0.2, 0.25) is 11.8 Å². The SMILES string of the molecule is O=C(CN1C(=O)CC1S(=O)(=O)Cc1ccccc1)NCCCCCCc1ccncc1. The second kappa shape index (κ2) is 11.0. The molecule has 2 amide bonds. The van der Waals surface area contributed by atoms with Gasteiger partial charge in [0, 0.05) is 18.9 Å². The molecule has 3 rings (SSSR count). The first-order valence-corrected chi connectivity index (χ1v) is 12.4. The van der Waals surface area contributed by atoms with Gasteiger partial charge in [0.05, 0.1) is 12.2 Å². The summed E-state index contributed by atoms with van der Waals surface area (Å²) in [6.45, 7) is 0.317. The van der Waals surface area contributed by atoms with Gasteiger partial charge in [0.15, 0.2) is 9.84 Å². The first kappa shape index (κ1) is 22.9. The van der Waals surface area contributed by atoms with Gasteiger partial charge in [-0.1, -0.05) is 43.2 Å². The van der Waals surface area contributed by atoms with Crippen molar-refractivity contribution < 1.29 is 18.0 Å². The summed E-state index contributed by atoms with van der Waals surface area (Å²) in [7, 11) is -3.54. The fourth-order valence-electron chi connectivity index (χ4n) is 3.63. The number of aryl methyl sites for hydroxylation is 1. The molecule has 1 atom stereocenters. The zero-order valence-electron chi connectivity index (χ0n) is 17.6. The number of nitrogens with one attached hydrogen (secondary N) is 1. The maximum absolute atomic E-state index is 12.7. The number of unbranched alkanes of at least 4 members (excludes halogenated alkanes) is 3. The largest absolute Gasteiger partial charge is 0.355 e. The van der Waals surface area contributed by atoms with Gasteiger partial charge in [-0.05, 0) is 42.5 Å². The number of rotatable bonds is 12. The third-order valence-corrected chi connectivity index (χ3v) is 7.41. The average Bonchev–Trinajstić information content (AvgIpc) is 2.76. The number of sulfone groups is 1. The zero-order chi connectivity index (χ0) is 22.1. The number of benzene rings is 1. The van der Waals surface area contributed by atoms with E-state index in [0.29, 0.717) is 12.1 Å². The highest BCUT2D eigenvalue weighted by Gasteiger charge is 2.45. The van der Waals surface area contributed by atoms with Gasteiger partial charge in [0.1, 0.15) is 11.9 Å². The molecule has 0 bridgehead atoms. The minimum absolute atomic E-state index is 0.0556. The molecule has 1 aromatic carbocycles. The van der Waals surface area contributed by atoms with Gasteiger partial charge in [-0.15, -0.1) is 0 Å². The van der Waals surface area contributed by atoms with Gasteiger partial charge in [-0.25, -0.2) is 8.42 Å². The molecule has 1 N–H and O–H groups in total. The van der Waals surface area contributed by atoms with Crippen molar-refractivity contribution in [3.05, 3.63) is 66.0 Å². The summed E-state index contributed by atoms with van der Waals surface area (Å²) in [6.07, 6.45) is 8.57. The zero-order valence-corrected chi connectivity index (χ0v) is 18.4. The summed E-state index contributed by atoms with van der Waals surface area (Å²) in [5.74, 6) is -0.749. The van der Waals surface area contributed by atoms with Crippen molar-refractivity contribution in [1.82, 2.24) is 15.2 Å². The first-order valence-electron chi connectivity index (χ1n) is 10.7. The predicted octanol–water partition coefficient (Wildman–Crippen LogP) is 2.47. The molecule has 1 fully saturated rings. The van der Waals surface area contributed by atoms with E-state index < -0.39 is 15.2 Å². The van der Waals surface area contributed by atoms with Gasteiger partial charge >= 0.3 is 0 Å². The molecule has 2 aromatic rings. The van der Waals surface area contributed by atoms with E-state index in [9.17, 15) is 18.0 Å². The summed E-state index contributed by atoms with van der Waals surface area (Å²) < 4.78 is 25.3. The predicted molar refractivity (Wildman–Crippen MR) is 119 cm³/mol. The van der Waals surface area contributed by atoms with Crippen LogP contribution in [0, 0.1) is 0 Å². The van der Waals surface area contributed by atoms with E-state index >= 15 is 0 Å². The average molecular weight is 444 g/mol. The van der Waals surface area contributed by atoms with E-state index in [1.54, 1.807) is 36.7 Å². The third-order valence-electron chi connectivity index (χ3n) is 5.42. The van der Waals surface area contributed by atoms with Crippen LogP contribution in [0.4, 0.5) is 0 Å². The van der Waals surface area contributed by atoms with E-state index in [2.05, 4.69) is 10.3 Å². The normalized spacial score (nSPS) is 16.1. The fourth-order valence-corrected chi connectivity index (χ4v) is 5.46. The number of aromatic nitrogens is 1. The van der Waals surface area contributed by atoms with Crippen LogP contribution < -0.4 is 5.32 Å². The van der Waals surface area contributed by atoms with Crippen LogP contribution in [0.2, 0.25) is 0 Å². The molecule has 1 unspecified atom stereocenters. The van der Waals surface area contributed by atoms with Crippen molar-refractivity contribution in [3.8, 4) is 0 Å². The molecule has 0 saturated carbocycles. The van der Waals surface area contributed by atoms with Crippen molar-refractivity contribution >= 4 is 21.7 Å². The Morgan fingerprint density at radius 2 is 1.71 bits per heavy atom. The Bertz CT molecular complexity index is 965. The summed E-state index contributed by atoms with van der Waals surface area (Å²) in [6, 6.07) is 12.9. The lowest BCUT2D eigenvalue weighted by Gasteiger charge is -2.39. The summed E-state index contributed by atoms with van der Waals surface area (Å²) in [5, 5.41) is 1.88. The second-order valence-electron chi connectivity index (χ2n) is 7.84. The molecule has 1 aliphatic rings. The number of amides is 2. The second-order valence-corrected chi connectivity index (χ2v) is 10.0. The Labute approximate surface area is 183 Å². The molecule has 8 heteroatoms. The van der Waals surface area contributed by atoms with E-state index in [-0.39, 0.29) is 30.5 Å². The van der Waals surface area contributed by atoms with Crippen LogP contribution in [0.25, 0.3) is 0 Å². The number of hydrogen-bond acceptors (Lipinski definition) is 5. The lowest BCUT2D eigenvalue weighted by Crippen LogP contribution is -2.59. The van der Waals surface area contributed by atoms with E-state index in [1.165, 1.54) is 10.5 Å². The van der Waals surface area contributed by atoms with Crippen molar-refractivity contribution in [1.29, 1.82) is 0 Å². The summed E-state index contributed by atoms with van der Waals surface area (Å²) >= 11 is 0. The number of carbonyl (C=O) groups excluding carboxylic acids is 2. The molecule has 7 nitrogen and oxygen atoms in total.